The second-order valence-electron chi connectivity index (χ2n) is 8.83. The number of hydrogen-bond acceptors (Lipinski definition) is 7. The van der Waals surface area contributed by atoms with Gasteiger partial charge in [-0.25, -0.2) is 14.4 Å². The van der Waals surface area contributed by atoms with E-state index in [2.05, 4.69) is 20.2 Å². The second-order valence-corrected chi connectivity index (χ2v) is 9.24. The van der Waals surface area contributed by atoms with E-state index < -0.39 is 5.82 Å². The van der Waals surface area contributed by atoms with Gasteiger partial charge in [0.05, 0.1) is 28.2 Å². The van der Waals surface area contributed by atoms with Crippen LogP contribution in [0.5, 0.6) is 5.75 Å². The van der Waals surface area contributed by atoms with Crippen molar-refractivity contribution < 1.29 is 18.7 Å². The molecule has 0 radical (unpaired) electrons. The zero-order valence-corrected chi connectivity index (χ0v) is 21.0. The summed E-state index contributed by atoms with van der Waals surface area (Å²) < 4.78 is 19.6. The van der Waals surface area contributed by atoms with E-state index in [0.29, 0.717) is 66.6 Å². The van der Waals surface area contributed by atoms with Gasteiger partial charge in [-0.05, 0) is 30.3 Å². The summed E-state index contributed by atoms with van der Waals surface area (Å²) in [5, 5.41) is 3.77. The molecule has 3 aromatic rings. The van der Waals surface area contributed by atoms with Crippen LogP contribution in [-0.4, -0.2) is 77.5 Å². The third-order valence-corrected chi connectivity index (χ3v) is 6.77. The zero-order chi connectivity index (χ0) is 25.9. The Kier molecular flexibility index (Phi) is 7.20. The van der Waals surface area contributed by atoms with E-state index >= 15 is 0 Å². The molecule has 3 heterocycles. The average molecular weight is 525 g/mol. The molecule has 2 aliphatic heterocycles. The number of hydrogen-bond donors (Lipinski definition) is 1. The van der Waals surface area contributed by atoms with Crippen LogP contribution in [0.2, 0.25) is 5.02 Å². The quantitative estimate of drug-likeness (QED) is 0.510. The van der Waals surface area contributed by atoms with Gasteiger partial charge in [0.1, 0.15) is 24.6 Å². The van der Waals surface area contributed by atoms with Gasteiger partial charge in [0.25, 0.3) is 5.91 Å². The van der Waals surface area contributed by atoms with Crippen LogP contribution in [0.1, 0.15) is 6.92 Å². The number of halogens is 2. The maximum atomic E-state index is 13.6. The van der Waals surface area contributed by atoms with Crippen molar-refractivity contribution in [3.05, 3.63) is 59.7 Å². The van der Waals surface area contributed by atoms with Crippen LogP contribution in [0.4, 0.5) is 21.6 Å². The predicted molar refractivity (Wildman–Crippen MR) is 140 cm³/mol. The van der Waals surface area contributed by atoms with E-state index in [4.69, 9.17) is 16.3 Å². The number of aromatic nitrogens is 2. The summed E-state index contributed by atoms with van der Waals surface area (Å²) in [6, 6.07) is 7.94. The molecule has 192 valence electrons. The number of ether oxygens (including phenoxy) is 1. The van der Waals surface area contributed by atoms with Crippen molar-refractivity contribution in [3.8, 4) is 5.75 Å². The van der Waals surface area contributed by atoms with E-state index in [1.54, 1.807) is 24.0 Å². The summed E-state index contributed by atoms with van der Waals surface area (Å²) in [4.78, 5) is 39.1. The lowest BCUT2D eigenvalue weighted by Gasteiger charge is -2.33. The topological polar surface area (TPSA) is 90.9 Å². The number of carbonyl (C=O) groups is 2. The Bertz CT molecular complexity index is 1380. The first kappa shape index (κ1) is 24.9. The molecule has 11 heteroatoms. The second kappa shape index (κ2) is 10.7. The van der Waals surface area contributed by atoms with Gasteiger partial charge in [-0.1, -0.05) is 17.7 Å². The third-order valence-electron chi connectivity index (χ3n) is 6.48. The van der Waals surface area contributed by atoms with Gasteiger partial charge in [0.15, 0.2) is 5.75 Å². The van der Waals surface area contributed by atoms with Crippen molar-refractivity contribution in [2.75, 3.05) is 56.1 Å². The Morgan fingerprint density at radius 2 is 1.95 bits per heavy atom. The van der Waals surface area contributed by atoms with E-state index in [0.717, 1.165) is 13.1 Å². The highest BCUT2D eigenvalue weighted by Crippen LogP contribution is 2.41. The fourth-order valence-corrected chi connectivity index (χ4v) is 4.68. The van der Waals surface area contributed by atoms with Crippen LogP contribution in [-0.2, 0) is 9.59 Å². The van der Waals surface area contributed by atoms with Crippen molar-refractivity contribution >= 4 is 51.5 Å². The first-order valence-electron chi connectivity index (χ1n) is 12.0. The van der Waals surface area contributed by atoms with Gasteiger partial charge in [-0.3, -0.25) is 14.5 Å². The number of amides is 2. The largest absolute Gasteiger partial charge is 0.489 e. The monoisotopic (exact) mass is 524 g/mol. The minimum atomic E-state index is -0.513. The van der Waals surface area contributed by atoms with Crippen LogP contribution in [0.3, 0.4) is 0 Å². The van der Waals surface area contributed by atoms with Crippen LogP contribution in [0.15, 0.2) is 48.8 Å². The molecule has 0 unspecified atom stereocenters. The molecule has 1 saturated heterocycles. The van der Waals surface area contributed by atoms with Crippen molar-refractivity contribution in [1.29, 1.82) is 0 Å². The van der Waals surface area contributed by atoms with E-state index in [1.165, 1.54) is 18.5 Å². The highest BCUT2D eigenvalue weighted by Gasteiger charge is 2.26. The fraction of sp³-hybridized carbons (Fsp3) is 0.308. The molecular weight excluding hydrogens is 499 g/mol. The van der Waals surface area contributed by atoms with Crippen LogP contribution in [0, 0.1) is 5.82 Å². The Morgan fingerprint density at radius 1 is 1.14 bits per heavy atom. The minimum Gasteiger partial charge on any atom is -0.489 e. The molecule has 37 heavy (non-hydrogen) atoms. The molecule has 1 fully saturated rings. The molecule has 1 N–H and O–H groups in total. The maximum Gasteiger partial charge on any atom is 0.250 e. The van der Waals surface area contributed by atoms with E-state index in [1.807, 2.05) is 23.1 Å². The van der Waals surface area contributed by atoms with Crippen LogP contribution in [0.25, 0.3) is 10.9 Å². The standard InChI is InChI=1S/C26H26ClFN6O3/c1-17(35)33-11-9-32(10-12-33)8-2-3-23(36)34-13-14-37-25-22(34)7-6-21-24(25)26(30-16-29-21)31-18-4-5-20(28)19(27)15-18/h2-7,15-16H,8-14H2,1H3,(H,29,30,31)/b3-2+. The van der Waals surface area contributed by atoms with Crippen LogP contribution >= 0.6 is 11.6 Å². The Labute approximate surface area is 218 Å². The first-order valence-corrected chi connectivity index (χ1v) is 12.4. The Balaban J connectivity index is 1.35. The Hall–Kier alpha value is -3.76. The molecule has 0 saturated carbocycles. The van der Waals surface area contributed by atoms with Gasteiger partial charge < -0.3 is 19.9 Å². The number of nitrogens with one attached hydrogen (secondary N) is 1. The lowest BCUT2D eigenvalue weighted by molar-refractivity contribution is -0.130. The normalized spacial score (nSPS) is 16.1. The number of benzene rings is 2. The SMILES string of the molecule is CC(=O)N1CCN(C/C=C/C(=O)N2CCOc3c2ccc2ncnc(Nc4ccc(F)c(Cl)c4)c32)CC1. The summed E-state index contributed by atoms with van der Waals surface area (Å²) in [5.41, 5.74) is 1.82. The molecule has 1 aromatic heterocycles. The number of nitrogens with zero attached hydrogens (tertiary/aromatic N) is 5. The smallest absolute Gasteiger partial charge is 0.250 e. The third kappa shape index (κ3) is 5.35. The number of anilines is 3. The van der Waals surface area contributed by atoms with Gasteiger partial charge in [0.2, 0.25) is 5.91 Å². The molecule has 0 bridgehead atoms. The fourth-order valence-electron chi connectivity index (χ4n) is 4.50. The predicted octanol–water partition coefficient (Wildman–Crippen LogP) is 3.61. The lowest BCUT2D eigenvalue weighted by atomic mass is 10.1. The van der Waals surface area contributed by atoms with Gasteiger partial charge >= 0.3 is 0 Å². The summed E-state index contributed by atoms with van der Waals surface area (Å²) in [5.74, 6) is 0.388. The highest BCUT2D eigenvalue weighted by atomic mass is 35.5. The number of rotatable bonds is 5. The summed E-state index contributed by atoms with van der Waals surface area (Å²) in [7, 11) is 0. The number of piperazine rings is 1. The first-order chi connectivity index (χ1) is 17.9. The van der Waals surface area contributed by atoms with Crippen LogP contribution < -0.4 is 15.0 Å². The average Bonchev–Trinajstić information content (AvgIpc) is 2.90. The molecule has 0 aliphatic carbocycles. The number of carbonyl (C=O) groups excluding carboxylic acids is 2. The van der Waals surface area contributed by atoms with Crippen molar-refractivity contribution in [2.45, 2.75) is 6.92 Å². The highest BCUT2D eigenvalue weighted by molar-refractivity contribution is 6.31. The van der Waals surface area contributed by atoms with E-state index in [9.17, 15) is 14.0 Å². The van der Waals surface area contributed by atoms with Crippen molar-refractivity contribution in [2.24, 2.45) is 0 Å². The molecular formula is C26H26ClFN6O3. The molecule has 0 atom stereocenters. The lowest BCUT2D eigenvalue weighted by Crippen LogP contribution is -2.47. The van der Waals surface area contributed by atoms with Gasteiger partial charge in [0, 0.05) is 51.4 Å². The van der Waals surface area contributed by atoms with Crippen molar-refractivity contribution in [3.63, 3.8) is 0 Å². The Morgan fingerprint density at radius 3 is 2.70 bits per heavy atom. The van der Waals surface area contributed by atoms with E-state index in [-0.39, 0.29) is 16.8 Å². The summed E-state index contributed by atoms with van der Waals surface area (Å²) in [6.07, 6.45) is 4.86. The van der Waals surface area contributed by atoms with Crippen molar-refractivity contribution in [1.82, 2.24) is 19.8 Å². The van der Waals surface area contributed by atoms with Gasteiger partial charge in [-0.2, -0.15) is 0 Å². The zero-order valence-electron chi connectivity index (χ0n) is 20.3. The summed E-state index contributed by atoms with van der Waals surface area (Å²) >= 11 is 5.94. The minimum absolute atomic E-state index is 0.00840. The molecule has 0 spiro atoms. The maximum absolute atomic E-state index is 13.6. The molecule has 2 amide bonds. The molecule has 2 aliphatic rings. The molecule has 9 nitrogen and oxygen atoms in total. The number of fused-ring (bicyclic) bond motifs is 3. The molecule has 2 aromatic carbocycles. The summed E-state index contributed by atoms with van der Waals surface area (Å²) in [6.45, 7) is 5.89. The van der Waals surface area contributed by atoms with Gasteiger partial charge in [-0.15, -0.1) is 0 Å². The molecule has 5 rings (SSSR count).